The summed E-state index contributed by atoms with van der Waals surface area (Å²) < 4.78 is 21.9. The van der Waals surface area contributed by atoms with Crippen molar-refractivity contribution in [3.8, 4) is 5.75 Å². The minimum absolute atomic E-state index is 0.292. The molecule has 1 aromatic carbocycles. The number of amides is 1. The maximum Gasteiger partial charge on any atom is 0.509 e. The maximum absolute atomic E-state index is 12.8. The van der Waals surface area contributed by atoms with Crippen LogP contribution >= 0.6 is 11.3 Å². The van der Waals surface area contributed by atoms with Crippen LogP contribution in [-0.4, -0.2) is 77.9 Å². The summed E-state index contributed by atoms with van der Waals surface area (Å²) >= 11 is 1.29. The number of ether oxygens (including phenoxy) is 4. The van der Waals surface area contributed by atoms with Crippen molar-refractivity contribution in [3.05, 3.63) is 34.8 Å². The summed E-state index contributed by atoms with van der Waals surface area (Å²) in [4.78, 5) is 27.4. The second-order valence-electron chi connectivity index (χ2n) is 9.64. The standard InChI is InChI=1S/C25H37N5O6S/c1-7-30(8-2)15-20-28-29-22(37-20)27-23(31)35-21-18(13-16-9-11-17(33-6)12-10-16)26-14-19(21)34-24(32)36-25(3,4)5/h9-12,18-19,21,26H,7-8,13-15H2,1-6H3,(H,27,29,31)/t18-,19+,21+/m1/s1. The Morgan fingerprint density at radius 1 is 1.14 bits per heavy atom. The van der Waals surface area contributed by atoms with E-state index in [0.29, 0.717) is 24.6 Å². The number of benzene rings is 1. The fourth-order valence-corrected chi connectivity index (χ4v) is 4.64. The molecule has 204 valence electrons. The highest BCUT2D eigenvalue weighted by atomic mass is 32.1. The van der Waals surface area contributed by atoms with Crippen molar-refractivity contribution in [2.45, 2.75) is 71.4 Å². The zero-order chi connectivity index (χ0) is 27.0. The molecule has 0 radical (unpaired) electrons. The van der Waals surface area contributed by atoms with E-state index in [1.807, 2.05) is 24.3 Å². The third-order valence-corrected chi connectivity index (χ3v) is 6.59. The van der Waals surface area contributed by atoms with Crippen LogP contribution in [0.25, 0.3) is 0 Å². The highest BCUT2D eigenvalue weighted by Gasteiger charge is 2.42. The van der Waals surface area contributed by atoms with E-state index in [4.69, 9.17) is 18.9 Å². The van der Waals surface area contributed by atoms with Gasteiger partial charge in [0.1, 0.15) is 16.4 Å². The van der Waals surface area contributed by atoms with Gasteiger partial charge in [-0.3, -0.25) is 10.2 Å². The summed E-state index contributed by atoms with van der Waals surface area (Å²) in [6.07, 6.45) is -2.45. The van der Waals surface area contributed by atoms with Gasteiger partial charge >= 0.3 is 12.2 Å². The molecule has 0 saturated carbocycles. The van der Waals surface area contributed by atoms with Crippen LogP contribution in [0, 0.1) is 0 Å². The Labute approximate surface area is 221 Å². The molecule has 1 saturated heterocycles. The van der Waals surface area contributed by atoms with Gasteiger partial charge in [0, 0.05) is 6.54 Å². The lowest BCUT2D eigenvalue weighted by molar-refractivity contribution is -0.0503. The third-order valence-electron chi connectivity index (χ3n) is 5.77. The van der Waals surface area contributed by atoms with Crippen LogP contribution in [-0.2, 0) is 27.2 Å². The highest BCUT2D eigenvalue weighted by Crippen LogP contribution is 2.24. The number of carbonyl (C=O) groups is 2. The number of carbonyl (C=O) groups excluding carboxylic acids is 2. The summed E-state index contributed by atoms with van der Waals surface area (Å²) in [5.74, 6) is 0.749. The van der Waals surface area contributed by atoms with E-state index in [9.17, 15) is 9.59 Å². The Hall–Kier alpha value is -2.96. The third kappa shape index (κ3) is 8.83. The van der Waals surface area contributed by atoms with E-state index in [1.54, 1.807) is 27.9 Å². The number of hydrogen-bond acceptors (Lipinski definition) is 11. The lowest BCUT2D eigenvalue weighted by atomic mass is 10.0. The lowest BCUT2D eigenvalue weighted by Crippen LogP contribution is -2.42. The Bertz CT molecular complexity index is 1020. The molecule has 3 rings (SSSR count). The minimum atomic E-state index is -0.816. The van der Waals surface area contributed by atoms with E-state index >= 15 is 0 Å². The number of hydrogen-bond donors (Lipinski definition) is 2. The largest absolute Gasteiger partial charge is 0.509 e. The van der Waals surface area contributed by atoms with Crippen LogP contribution in [0.3, 0.4) is 0 Å². The first-order chi connectivity index (χ1) is 17.6. The summed E-state index contributed by atoms with van der Waals surface area (Å²) in [7, 11) is 1.61. The SMILES string of the molecule is CCN(CC)Cc1nnc(NC(=O)O[C@@H]2[C@@H](OC(=O)OC(C)(C)C)CN[C@@H]2Cc2ccc(OC)cc2)s1. The van der Waals surface area contributed by atoms with E-state index in [2.05, 4.69) is 39.6 Å². The molecule has 0 aliphatic carbocycles. The van der Waals surface area contributed by atoms with Crippen LogP contribution in [0.4, 0.5) is 14.7 Å². The Morgan fingerprint density at radius 2 is 1.84 bits per heavy atom. The first-order valence-corrected chi connectivity index (χ1v) is 13.2. The topological polar surface area (TPSA) is 124 Å². The zero-order valence-electron chi connectivity index (χ0n) is 22.3. The summed E-state index contributed by atoms with van der Waals surface area (Å²) in [5.41, 5.74) is 0.301. The van der Waals surface area contributed by atoms with Gasteiger partial charge in [-0.1, -0.05) is 37.3 Å². The number of methoxy groups -OCH3 is 1. The number of nitrogens with zero attached hydrogens (tertiary/aromatic N) is 3. The molecule has 0 spiro atoms. The average Bonchev–Trinajstić information content (AvgIpc) is 3.43. The smallest absolute Gasteiger partial charge is 0.497 e. The molecule has 11 nitrogen and oxygen atoms in total. The van der Waals surface area contributed by atoms with Gasteiger partial charge in [0.2, 0.25) is 5.13 Å². The van der Waals surface area contributed by atoms with Gasteiger partial charge in [0.25, 0.3) is 0 Å². The Balaban J connectivity index is 1.68. The number of nitrogens with one attached hydrogen (secondary N) is 2. The monoisotopic (exact) mass is 535 g/mol. The van der Waals surface area contributed by atoms with Gasteiger partial charge in [-0.2, -0.15) is 0 Å². The number of anilines is 1. The van der Waals surface area contributed by atoms with Crippen LogP contribution < -0.4 is 15.4 Å². The second kappa shape index (κ2) is 13.0. The summed E-state index contributed by atoms with van der Waals surface area (Å²) in [6.45, 7) is 12.2. The molecule has 2 aromatic rings. The van der Waals surface area contributed by atoms with Crippen LogP contribution in [0.2, 0.25) is 0 Å². The van der Waals surface area contributed by atoms with Gasteiger partial charge in [0.05, 0.1) is 19.7 Å². The molecule has 1 fully saturated rings. The molecule has 0 bridgehead atoms. The molecule has 1 amide bonds. The van der Waals surface area contributed by atoms with Gasteiger partial charge in [-0.05, 0) is 58.0 Å². The second-order valence-corrected chi connectivity index (χ2v) is 10.7. The van der Waals surface area contributed by atoms with E-state index in [0.717, 1.165) is 29.4 Å². The van der Waals surface area contributed by atoms with Gasteiger partial charge in [-0.25, -0.2) is 9.59 Å². The van der Waals surface area contributed by atoms with Crippen molar-refractivity contribution in [1.29, 1.82) is 0 Å². The van der Waals surface area contributed by atoms with E-state index < -0.39 is 30.1 Å². The molecular formula is C25H37N5O6S. The molecule has 3 atom stereocenters. The van der Waals surface area contributed by atoms with Crippen molar-refractivity contribution >= 4 is 28.7 Å². The molecule has 0 unspecified atom stereocenters. The fraction of sp³-hybridized carbons (Fsp3) is 0.600. The molecule has 1 aliphatic heterocycles. The molecular weight excluding hydrogens is 498 g/mol. The lowest BCUT2D eigenvalue weighted by Gasteiger charge is -2.25. The molecule has 1 aromatic heterocycles. The molecule has 37 heavy (non-hydrogen) atoms. The van der Waals surface area contributed by atoms with Gasteiger partial charge in [-0.15, -0.1) is 10.2 Å². The number of rotatable bonds is 10. The molecule has 2 N–H and O–H groups in total. The zero-order valence-corrected chi connectivity index (χ0v) is 23.1. The highest BCUT2D eigenvalue weighted by molar-refractivity contribution is 7.15. The predicted molar refractivity (Wildman–Crippen MR) is 140 cm³/mol. The van der Waals surface area contributed by atoms with E-state index in [-0.39, 0.29) is 6.04 Å². The molecule has 12 heteroatoms. The number of aromatic nitrogens is 2. The Kier molecular flexibility index (Phi) is 10.1. The quantitative estimate of drug-likeness (QED) is 0.434. The Morgan fingerprint density at radius 3 is 2.46 bits per heavy atom. The fourth-order valence-electron chi connectivity index (χ4n) is 3.87. The van der Waals surface area contributed by atoms with Crippen LogP contribution in [0.5, 0.6) is 5.75 Å². The summed E-state index contributed by atoms with van der Waals surface area (Å²) in [5, 5.41) is 15.3. The van der Waals surface area contributed by atoms with Crippen LogP contribution in [0.15, 0.2) is 24.3 Å². The molecule has 1 aliphatic rings. The summed E-state index contributed by atoms with van der Waals surface area (Å²) in [6, 6.07) is 7.33. The average molecular weight is 536 g/mol. The maximum atomic E-state index is 12.8. The van der Waals surface area contributed by atoms with Gasteiger partial charge < -0.3 is 24.3 Å². The van der Waals surface area contributed by atoms with Gasteiger partial charge in [0.15, 0.2) is 12.2 Å². The van der Waals surface area contributed by atoms with Crippen molar-refractivity contribution in [2.75, 3.05) is 32.1 Å². The first-order valence-electron chi connectivity index (χ1n) is 12.4. The first kappa shape index (κ1) is 28.6. The normalized spacial score (nSPS) is 19.5. The van der Waals surface area contributed by atoms with Crippen molar-refractivity contribution in [3.63, 3.8) is 0 Å². The van der Waals surface area contributed by atoms with Crippen molar-refractivity contribution in [2.24, 2.45) is 0 Å². The van der Waals surface area contributed by atoms with Crippen LogP contribution in [0.1, 0.15) is 45.2 Å². The molecule has 2 heterocycles. The minimum Gasteiger partial charge on any atom is -0.497 e. The van der Waals surface area contributed by atoms with E-state index in [1.165, 1.54) is 11.3 Å². The van der Waals surface area contributed by atoms with Crippen molar-refractivity contribution < 1.29 is 28.5 Å². The van der Waals surface area contributed by atoms with Crippen molar-refractivity contribution in [1.82, 2.24) is 20.4 Å². The predicted octanol–water partition coefficient (Wildman–Crippen LogP) is 3.84.